The summed E-state index contributed by atoms with van der Waals surface area (Å²) in [5, 5.41) is 2.09. The van der Waals surface area contributed by atoms with E-state index < -0.39 is 5.82 Å². The molecule has 1 aromatic carbocycles. The summed E-state index contributed by atoms with van der Waals surface area (Å²) in [4.78, 5) is 3.52. The molecule has 1 rings (SSSR count). The van der Waals surface area contributed by atoms with Crippen molar-refractivity contribution < 1.29 is 9.13 Å². The zero-order valence-corrected chi connectivity index (χ0v) is 7.19. The summed E-state index contributed by atoms with van der Waals surface area (Å²) in [7, 11) is 1.47. The second-order valence-corrected chi connectivity index (χ2v) is 2.20. The minimum absolute atomic E-state index is 0.172. The molecule has 0 atom stereocenters. The first-order valence-corrected chi connectivity index (χ1v) is 3.60. The van der Waals surface area contributed by atoms with Gasteiger partial charge in [0.05, 0.1) is 12.3 Å². The molecule has 0 amide bonds. The third-order valence-electron chi connectivity index (χ3n) is 1.32. The summed E-state index contributed by atoms with van der Waals surface area (Å²) in [5.41, 5.74) is 0.172. The first-order valence-electron chi connectivity index (χ1n) is 3.19. The third-order valence-corrected chi connectivity index (χ3v) is 1.41. The van der Waals surface area contributed by atoms with Crippen molar-refractivity contribution in [3.05, 3.63) is 24.0 Å². The Morgan fingerprint density at radius 2 is 2.33 bits per heavy atom. The molecule has 0 heterocycles. The Hall–Kier alpha value is -1.25. The van der Waals surface area contributed by atoms with E-state index in [1.165, 1.54) is 19.2 Å². The molecule has 0 unspecified atom stereocenters. The first kappa shape index (κ1) is 8.84. The van der Waals surface area contributed by atoms with Crippen LogP contribution in [0.3, 0.4) is 0 Å². The predicted molar refractivity (Wildman–Crippen MR) is 47.6 cm³/mol. The zero-order valence-electron chi connectivity index (χ0n) is 6.37. The number of rotatable bonds is 2. The van der Waals surface area contributed by atoms with Gasteiger partial charge in [-0.05, 0) is 24.4 Å². The standard InChI is InChI=1S/C8H6FNOS/c1-11-6-2-3-8(10-5-12)7(9)4-6/h2-4H,1H3. The second-order valence-electron chi connectivity index (χ2n) is 2.02. The highest BCUT2D eigenvalue weighted by Gasteiger charge is 2.00. The van der Waals surface area contributed by atoms with E-state index in [2.05, 4.69) is 22.4 Å². The van der Waals surface area contributed by atoms with Crippen molar-refractivity contribution in [3.63, 3.8) is 0 Å². The highest BCUT2D eigenvalue weighted by Crippen LogP contribution is 2.21. The van der Waals surface area contributed by atoms with E-state index >= 15 is 0 Å². The highest BCUT2D eigenvalue weighted by molar-refractivity contribution is 7.78. The Morgan fingerprint density at radius 3 is 2.83 bits per heavy atom. The van der Waals surface area contributed by atoms with Crippen molar-refractivity contribution in [3.8, 4) is 5.75 Å². The van der Waals surface area contributed by atoms with Crippen LogP contribution in [0.2, 0.25) is 0 Å². The van der Waals surface area contributed by atoms with Gasteiger partial charge in [-0.3, -0.25) is 0 Å². The lowest BCUT2D eigenvalue weighted by molar-refractivity contribution is 0.411. The molecule has 0 radical (unpaired) electrons. The van der Waals surface area contributed by atoms with Crippen LogP contribution in [0.1, 0.15) is 0 Å². The van der Waals surface area contributed by atoms with Crippen molar-refractivity contribution in [2.75, 3.05) is 7.11 Å². The molecule has 0 saturated heterocycles. The molecule has 0 fully saturated rings. The van der Waals surface area contributed by atoms with Gasteiger partial charge in [-0.1, -0.05) is 0 Å². The van der Waals surface area contributed by atoms with Gasteiger partial charge in [-0.2, -0.15) is 4.99 Å². The van der Waals surface area contributed by atoms with E-state index in [0.29, 0.717) is 5.75 Å². The van der Waals surface area contributed by atoms with Gasteiger partial charge < -0.3 is 4.74 Å². The van der Waals surface area contributed by atoms with Gasteiger partial charge >= 0.3 is 0 Å². The maximum absolute atomic E-state index is 13.0. The minimum Gasteiger partial charge on any atom is -0.497 e. The monoisotopic (exact) mass is 183 g/mol. The Morgan fingerprint density at radius 1 is 1.58 bits per heavy atom. The predicted octanol–water partition coefficient (Wildman–Crippen LogP) is 2.57. The summed E-state index contributed by atoms with van der Waals surface area (Å²) in [6.45, 7) is 0. The quantitative estimate of drug-likeness (QED) is 0.519. The van der Waals surface area contributed by atoms with E-state index in [1.807, 2.05) is 0 Å². The van der Waals surface area contributed by atoms with Crippen molar-refractivity contribution >= 4 is 23.1 Å². The zero-order chi connectivity index (χ0) is 8.97. The fourth-order valence-corrected chi connectivity index (χ4v) is 0.853. The van der Waals surface area contributed by atoms with Crippen molar-refractivity contribution in [2.24, 2.45) is 4.99 Å². The number of ether oxygens (including phenoxy) is 1. The van der Waals surface area contributed by atoms with E-state index in [0.717, 1.165) is 0 Å². The summed E-state index contributed by atoms with van der Waals surface area (Å²) >= 11 is 4.34. The molecule has 4 heteroatoms. The molecule has 62 valence electrons. The van der Waals surface area contributed by atoms with Crippen LogP contribution in [-0.4, -0.2) is 12.3 Å². The van der Waals surface area contributed by atoms with Crippen LogP contribution < -0.4 is 4.74 Å². The van der Waals surface area contributed by atoms with Crippen LogP contribution in [-0.2, 0) is 0 Å². The summed E-state index contributed by atoms with van der Waals surface area (Å²) in [5.74, 6) is -0.0116. The average Bonchev–Trinajstić information content (AvgIpc) is 2.09. The van der Waals surface area contributed by atoms with Gasteiger partial charge in [-0.25, -0.2) is 4.39 Å². The van der Waals surface area contributed by atoms with Gasteiger partial charge in [0.2, 0.25) is 0 Å². The number of thiocarbonyl (C=S) groups is 1. The summed E-state index contributed by atoms with van der Waals surface area (Å²) in [6.07, 6.45) is 0. The van der Waals surface area contributed by atoms with Crippen LogP contribution in [0.5, 0.6) is 5.75 Å². The van der Waals surface area contributed by atoms with Gasteiger partial charge in [0.15, 0.2) is 5.82 Å². The van der Waals surface area contributed by atoms with Gasteiger partial charge in [0.1, 0.15) is 11.4 Å². The van der Waals surface area contributed by atoms with Crippen molar-refractivity contribution in [2.45, 2.75) is 0 Å². The minimum atomic E-state index is -0.466. The summed E-state index contributed by atoms with van der Waals surface area (Å²) in [6, 6.07) is 4.33. The molecule has 2 nitrogen and oxygen atoms in total. The Balaban J connectivity index is 3.11. The number of hydrogen-bond donors (Lipinski definition) is 0. The maximum Gasteiger partial charge on any atom is 0.153 e. The molecule has 0 saturated carbocycles. The van der Waals surface area contributed by atoms with Crippen LogP contribution in [0.25, 0.3) is 0 Å². The lowest BCUT2D eigenvalue weighted by Gasteiger charge is -1.99. The number of hydrogen-bond acceptors (Lipinski definition) is 3. The topological polar surface area (TPSA) is 21.6 Å². The fourth-order valence-electron chi connectivity index (χ4n) is 0.754. The molecule has 0 aliphatic heterocycles. The molecule has 0 aromatic heterocycles. The normalized spacial score (nSPS) is 8.83. The third kappa shape index (κ3) is 1.87. The smallest absolute Gasteiger partial charge is 0.153 e. The molecular weight excluding hydrogens is 177 g/mol. The van der Waals surface area contributed by atoms with Crippen molar-refractivity contribution in [1.82, 2.24) is 0 Å². The van der Waals surface area contributed by atoms with Crippen LogP contribution in [0.4, 0.5) is 10.1 Å². The number of aliphatic imine (C=N–C) groups is 1. The highest BCUT2D eigenvalue weighted by atomic mass is 32.1. The van der Waals surface area contributed by atoms with Gasteiger partial charge in [0, 0.05) is 6.07 Å². The molecule has 12 heavy (non-hydrogen) atoms. The second kappa shape index (κ2) is 3.95. The van der Waals surface area contributed by atoms with Crippen LogP contribution >= 0.6 is 12.2 Å². The lowest BCUT2D eigenvalue weighted by atomic mass is 10.3. The molecule has 0 N–H and O–H groups in total. The van der Waals surface area contributed by atoms with Crippen LogP contribution in [0, 0.1) is 5.82 Å². The SMILES string of the molecule is COc1ccc(N=C=S)c(F)c1. The molecule has 0 aliphatic rings. The molecular formula is C8H6FNOS. The molecule has 0 bridgehead atoms. The maximum atomic E-state index is 13.0. The Bertz CT molecular complexity index is 334. The number of benzene rings is 1. The van der Waals surface area contributed by atoms with Gasteiger partial charge in [0.25, 0.3) is 0 Å². The Kier molecular flexibility index (Phi) is 2.91. The first-order chi connectivity index (χ1) is 5.77. The van der Waals surface area contributed by atoms with Crippen LogP contribution in [0.15, 0.2) is 23.2 Å². The van der Waals surface area contributed by atoms with Gasteiger partial charge in [-0.15, -0.1) is 0 Å². The van der Waals surface area contributed by atoms with E-state index in [4.69, 9.17) is 4.74 Å². The number of methoxy groups -OCH3 is 1. The largest absolute Gasteiger partial charge is 0.497 e. The lowest BCUT2D eigenvalue weighted by Crippen LogP contribution is -1.83. The summed E-state index contributed by atoms with van der Waals surface area (Å²) < 4.78 is 17.8. The molecule has 0 spiro atoms. The fraction of sp³-hybridized carbons (Fsp3) is 0.125. The number of halogens is 1. The number of nitrogens with zero attached hydrogens (tertiary/aromatic N) is 1. The van der Waals surface area contributed by atoms with E-state index in [9.17, 15) is 4.39 Å². The number of isothiocyanates is 1. The molecule has 1 aromatic rings. The molecule has 0 aliphatic carbocycles. The van der Waals surface area contributed by atoms with Crippen molar-refractivity contribution in [1.29, 1.82) is 0 Å². The van der Waals surface area contributed by atoms with E-state index in [1.54, 1.807) is 6.07 Å². The van der Waals surface area contributed by atoms with E-state index in [-0.39, 0.29) is 5.69 Å². The Labute approximate surface area is 74.7 Å². The average molecular weight is 183 g/mol.